The van der Waals surface area contributed by atoms with Crippen LogP contribution in [-0.4, -0.2) is 19.9 Å². The summed E-state index contributed by atoms with van der Waals surface area (Å²) in [6.45, 7) is 0. The average Bonchev–Trinajstić information content (AvgIpc) is 3.52. The summed E-state index contributed by atoms with van der Waals surface area (Å²) < 4.78 is 2.44. The molecule has 0 fully saturated rings. The van der Waals surface area contributed by atoms with Crippen LogP contribution in [0.2, 0.25) is 0 Å². The summed E-state index contributed by atoms with van der Waals surface area (Å²) in [7, 11) is 0. The Bertz CT molecular complexity index is 2560. The van der Waals surface area contributed by atoms with Crippen LogP contribution in [0.15, 0.2) is 158 Å². The van der Waals surface area contributed by atoms with Gasteiger partial charge in [0.15, 0.2) is 17.5 Å². The van der Waals surface area contributed by atoms with Gasteiger partial charge in [-0.1, -0.05) is 140 Å². The molecule has 47 heavy (non-hydrogen) atoms. The molecule has 0 atom stereocenters. The van der Waals surface area contributed by atoms with Gasteiger partial charge in [0.05, 0.1) is 15.7 Å². The fourth-order valence-corrected chi connectivity index (χ4v) is 7.45. The molecule has 9 aromatic rings. The van der Waals surface area contributed by atoms with Gasteiger partial charge in [0.2, 0.25) is 0 Å². The monoisotopic (exact) mass is 618 g/mol. The molecule has 0 spiro atoms. The fraction of sp³-hybridized carbons (Fsp3) is 0. The van der Waals surface area contributed by atoms with Gasteiger partial charge < -0.3 is 0 Å². The summed E-state index contributed by atoms with van der Waals surface area (Å²) in [4.78, 5) is 20.1. The number of hydrogen-bond donors (Lipinski definition) is 0. The molecule has 0 saturated heterocycles. The Morgan fingerprint density at radius 1 is 0.362 bits per heavy atom. The highest BCUT2D eigenvalue weighted by Crippen LogP contribution is 2.43. The second-order valence-electron chi connectivity index (χ2n) is 11.5. The van der Waals surface area contributed by atoms with Crippen LogP contribution in [-0.2, 0) is 0 Å². The van der Waals surface area contributed by atoms with E-state index in [1.54, 1.807) is 11.3 Å². The Hall–Kier alpha value is -6.04. The molecule has 9 rings (SSSR count). The molecule has 0 radical (unpaired) electrons. The van der Waals surface area contributed by atoms with Gasteiger partial charge in [-0.05, 0) is 34.9 Å². The molecule has 3 aromatic heterocycles. The van der Waals surface area contributed by atoms with Crippen molar-refractivity contribution in [3.63, 3.8) is 0 Å². The van der Waals surface area contributed by atoms with Crippen molar-refractivity contribution >= 4 is 42.5 Å². The van der Waals surface area contributed by atoms with Crippen LogP contribution in [0.3, 0.4) is 0 Å². The molecule has 4 nitrogen and oxygen atoms in total. The normalized spacial score (nSPS) is 11.4. The maximum Gasteiger partial charge on any atom is 0.164 e. The Balaban J connectivity index is 1.19. The zero-order chi connectivity index (χ0) is 31.2. The van der Waals surface area contributed by atoms with Crippen LogP contribution in [0.5, 0.6) is 0 Å². The molecule has 0 aliphatic carbocycles. The van der Waals surface area contributed by atoms with E-state index in [2.05, 4.69) is 121 Å². The molecular weight excluding hydrogens is 593 g/mol. The van der Waals surface area contributed by atoms with Gasteiger partial charge in [-0.2, -0.15) is 0 Å². The van der Waals surface area contributed by atoms with Crippen molar-refractivity contribution in [1.82, 2.24) is 19.9 Å². The number of para-hydroxylation sites is 1. The van der Waals surface area contributed by atoms with Crippen molar-refractivity contribution in [2.24, 2.45) is 0 Å². The largest absolute Gasteiger partial charge is 0.246 e. The molecule has 0 N–H and O–H groups in total. The SMILES string of the molecule is c1ccc(-c2cccc(-c3nc(-c4ccccc4)nc(-c4ccc(-c5c6ccccc6nc6c5sc5ccccc56)cc4)n3)c2)cc1. The number of rotatable bonds is 5. The van der Waals surface area contributed by atoms with E-state index in [9.17, 15) is 0 Å². The predicted molar refractivity (Wildman–Crippen MR) is 195 cm³/mol. The average molecular weight is 619 g/mol. The van der Waals surface area contributed by atoms with Crippen LogP contribution < -0.4 is 0 Å². The van der Waals surface area contributed by atoms with Crippen molar-refractivity contribution in [2.45, 2.75) is 0 Å². The van der Waals surface area contributed by atoms with Crippen molar-refractivity contribution in [1.29, 1.82) is 0 Å². The first-order valence-electron chi connectivity index (χ1n) is 15.6. The lowest BCUT2D eigenvalue weighted by Crippen LogP contribution is -2.00. The Morgan fingerprint density at radius 2 is 0.894 bits per heavy atom. The smallest absolute Gasteiger partial charge is 0.164 e. The highest BCUT2D eigenvalue weighted by atomic mass is 32.1. The summed E-state index contributed by atoms with van der Waals surface area (Å²) >= 11 is 1.80. The van der Waals surface area contributed by atoms with Gasteiger partial charge in [-0.3, -0.25) is 0 Å². The lowest BCUT2D eigenvalue weighted by Gasteiger charge is -2.11. The second kappa shape index (κ2) is 11.4. The van der Waals surface area contributed by atoms with E-state index in [1.807, 2.05) is 36.4 Å². The number of aromatic nitrogens is 4. The molecule has 220 valence electrons. The van der Waals surface area contributed by atoms with Gasteiger partial charge in [0.1, 0.15) is 0 Å². The summed E-state index contributed by atoms with van der Waals surface area (Å²) in [5.74, 6) is 1.92. The maximum absolute atomic E-state index is 5.10. The van der Waals surface area contributed by atoms with E-state index in [0.29, 0.717) is 17.5 Å². The summed E-state index contributed by atoms with van der Waals surface area (Å²) in [5, 5.41) is 2.34. The van der Waals surface area contributed by atoms with Crippen LogP contribution >= 0.6 is 11.3 Å². The number of fused-ring (bicyclic) bond motifs is 4. The van der Waals surface area contributed by atoms with E-state index in [0.717, 1.165) is 49.8 Å². The third kappa shape index (κ3) is 4.94. The summed E-state index contributed by atoms with van der Waals surface area (Å²) in [5.41, 5.74) is 9.48. The molecule has 0 amide bonds. The minimum atomic E-state index is 0.636. The molecule has 6 aromatic carbocycles. The van der Waals surface area contributed by atoms with Crippen LogP contribution in [0.25, 0.3) is 87.6 Å². The maximum atomic E-state index is 5.10. The van der Waals surface area contributed by atoms with E-state index in [-0.39, 0.29) is 0 Å². The Morgan fingerprint density at radius 3 is 1.64 bits per heavy atom. The number of benzene rings is 6. The molecule has 3 heterocycles. The minimum Gasteiger partial charge on any atom is -0.246 e. The predicted octanol–water partition coefficient (Wildman–Crippen LogP) is 11.1. The van der Waals surface area contributed by atoms with Gasteiger partial charge >= 0.3 is 0 Å². The summed E-state index contributed by atoms with van der Waals surface area (Å²) in [6, 6.07) is 54.4. The van der Waals surface area contributed by atoms with Crippen molar-refractivity contribution in [3.8, 4) is 56.4 Å². The van der Waals surface area contributed by atoms with Crippen LogP contribution in [0.1, 0.15) is 0 Å². The molecule has 0 aliphatic rings. The molecule has 0 bridgehead atoms. The summed E-state index contributed by atoms with van der Waals surface area (Å²) in [6.07, 6.45) is 0. The number of nitrogens with zero attached hydrogens (tertiary/aromatic N) is 4. The minimum absolute atomic E-state index is 0.636. The molecule has 0 aliphatic heterocycles. The fourth-order valence-electron chi connectivity index (χ4n) is 6.23. The van der Waals surface area contributed by atoms with Gasteiger partial charge in [-0.15, -0.1) is 11.3 Å². The van der Waals surface area contributed by atoms with Gasteiger partial charge in [0, 0.05) is 37.7 Å². The van der Waals surface area contributed by atoms with Gasteiger partial charge in [-0.25, -0.2) is 19.9 Å². The number of pyridine rings is 1. The highest BCUT2D eigenvalue weighted by molar-refractivity contribution is 7.26. The van der Waals surface area contributed by atoms with Crippen molar-refractivity contribution < 1.29 is 0 Å². The Labute approximate surface area is 275 Å². The van der Waals surface area contributed by atoms with Crippen molar-refractivity contribution in [3.05, 3.63) is 158 Å². The second-order valence-corrected chi connectivity index (χ2v) is 12.5. The standard InChI is InChI=1S/C42H26N4S/c1-3-12-27(13-4-1)31-16-11-17-32(26-31)42-45-40(29-14-5-2-6-15-29)44-41(46-42)30-24-22-28(23-25-30)37-33-18-7-9-20-35(33)43-38-34-19-8-10-21-36(34)47-39(37)38/h1-26H. The third-order valence-electron chi connectivity index (χ3n) is 8.53. The van der Waals surface area contributed by atoms with Crippen LogP contribution in [0.4, 0.5) is 0 Å². The molecule has 0 saturated carbocycles. The van der Waals surface area contributed by atoms with Crippen LogP contribution in [0, 0.1) is 0 Å². The quantitative estimate of drug-likeness (QED) is 0.193. The number of hydrogen-bond acceptors (Lipinski definition) is 5. The lowest BCUT2D eigenvalue weighted by molar-refractivity contribution is 1.07. The third-order valence-corrected chi connectivity index (χ3v) is 9.71. The van der Waals surface area contributed by atoms with E-state index < -0.39 is 0 Å². The Kier molecular flexibility index (Phi) is 6.61. The highest BCUT2D eigenvalue weighted by Gasteiger charge is 2.17. The zero-order valence-electron chi connectivity index (χ0n) is 25.2. The topological polar surface area (TPSA) is 51.6 Å². The first-order chi connectivity index (χ1) is 23.3. The van der Waals surface area contributed by atoms with Crippen molar-refractivity contribution in [2.75, 3.05) is 0 Å². The van der Waals surface area contributed by atoms with Gasteiger partial charge in [0.25, 0.3) is 0 Å². The zero-order valence-corrected chi connectivity index (χ0v) is 26.0. The molecule has 0 unspecified atom stereocenters. The van der Waals surface area contributed by atoms with E-state index >= 15 is 0 Å². The first-order valence-corrected chi connectivity index (χ1v) is 16.4. The number of thiophene rings is 1. The molecular formula is C42H26N4S. The molecule has 5 heteroatoms. The van der Waals surface area contributed by atoms with E-state index in [4.69, 9.17) is 19.9 Å². The lowest BCUT2D eigenvalue weighted by atomic mass is 9.98. The van der Waals surface area contributed by atoms with E-state index in [1.165, 1.54) is 20.3 Å². The first kappa shape index (κ1) is 27.3.